The molecule has 0 aromatic heterocycles. The zero-order valence-electron chi connectivity index (χ0n) is 18.1. The molecule has 0 bridgehead atoms. The number of nitro groups is 1. The fraction of sp³-hybridized carbons (Fsp3) is 0.417. The van der Waals surface area contributed by atoms with Crippen LogP contribution < -0.4 is 0 Å². The Kier molecular flexibility index (Phi) is 6.50. The molecule has 32 heavy (non-hydrogen) atoms. The summed E-state index contributed by atoms with van der Waals surface area (Å²) >= 11 is 1.76. The van der Waals surface area contributed by atoms with Crippen molar-refractivity contribution < 1.29 is 14.5 Å². The van der Waals surface area contributed by atoms with Crippen molar-refractivity contribution in [1.82, 2.24) is 9.80 Å². The molecule has 2 aliphatic heterocycles. The number of nitro benzene ring substituents is 1. The van der Waals surface area contributed by atoms with Gasteiger partial charge < -0.3 is 9.80 Å². The van der Waals surface area contributed by atoms with Gasteiger partial charge in [-0.05, 0) is 30.9 Å². The second-order valence-electron chi connectivity index (χ2n) is 8.26. The summed E-state index contributed by atoms with van der Waals surface area (Å²) < 4.78 is 0. The topological polar surface area (TPSA) is 83.8 Å². The summed E-state index contributed by atoms with van der Waals surface area (Å²) in [6.45, 7) is 3.86. The largest absolute Gasteiger partial charge is 0.342 e. The Morgan fingerprint density at radius 2 is 1.81 bits per heavy atom. The SMILES string of the molecule is CC[C@H](C(=O)N1CCC2(CC1)SCCN2C(=O)c1cccc([N+](=O)[O-])c1)c1ccccc1. The summed E-state index contributed by atoms with van der Waals surface area (Å²) in [5, 5.41) is 11.1. The van der Waals surface area contributed by atoms with Crippen LogP contribution in [-0.4, -0.2) is 56.8 Å². The second kappa shape index (κ2) is 9.32. The summed E-state index contributed by atoms with van der Waals surface area (Å²) in [6.07, 6.45) is 2.15. The highest BCUT2D eigenvalue weighted by Gasteiger charge is 2.47. The van der Waals surface area contributed by atoms with Gasteiger partial charge in [0.05, 0.1) is 15.7 Å². The van der Waals surface area contributed by atoms with Gasteiger partial charge in [0.15, 0.2) is 0 Å². The lowest BCUT2D eigenvalue weighted by Crippen LogP contribution is -2.54. The Morgan fingerprint density at radius 3 is 2.47 bits per heavy atom. The molecule has 2 heterocycles. The van der Waals surface area contributed by atoms with Gasteiger partial charge in [-0.15, -0.1) is 11.8 Å². The highest BCUT2D eigenvalue weighted by atomic mass is 32.2. The number of hydrogen-bond donors (Lipinski definition) is 0. The molecule has 8 heteroatoms. The van der Waals surface area contributed by atoms with Crippen LogP contribution in [0.4, 0.5) is 5.69 Å². The van der Waals surface area contributed by atoms with Crippen LogP contribution in [0.15, 0.2) is 54.6 Å². The van der Waals surface area contributed by atoms with Gasteiger partial charge in [-0.3, -0.25) is 19.7 Å². The first-order chi connectivity index (χ1) is 15.4. The minimum atomic E-state index is -0.480. The molecule has 0 saturated carbocycles. The molecule has 2 fully saturated rings. The fourth-order valence-electron chi connectivity index (χ4n) is 4.75. The van der Waals surface area contributed by atoms with Gasteiger partial charge in [0, 0.05) is 43.1 Å². The lowest BCUT2D eigenvalue weighted by Gasteiger charge is -2.44. The first-order valence-corrected chi connectivity index (χ1v) is 12.0. The van der Waals surface area contributed by atoms with Gasteiger partial charge in [0.1, 0.15) is 0 Å². The molecule has 0 unspecified atom stereocenters. The minimum Gasteiger partial charge on any atom is -0.342 e. The minimum absolute atomic E-state index is 0.0799. The molecule has 2 aromatic carbocycles. The predicted octanol–water partition coefficient (Wildman–Crippen LogP) is 4.30. The second-order valence-corrected chi connectivity index (χ2v) is 9.71. The lowest BCUT2D eigenvalue weighted by atomic mass is 9.93. The number of hydrogen-bond acceptors (Lipinski definition) is 5. The van der Waals surface area contributed by atoms with E-state index in [1.807, 2.05) is 47.1 Å². The maximum Gasteiger partial charge on any atom is 0.270 e. The van der Waals surface area contributed by atoms with Crippen molar-refractivity contribution in [2.24, 2.45) is 0 Å². The summed E-state index contributed by atoms with van der Waals surface area (Å²) in [5.41, 5.74) is 1.30. The van der Waals surface area contributed by atoms with E-state index in [1.165, 1.54) is 12.1 Å². The Labute approximate surface area is 191 Å². The average Bonchev–Trinajstić information content (AvgIpc) is 3.23. The lowest BCUT2D eigenvalue weighted by molar-refractivity contribution is -0.384. The number of thioether (sulfide) groups is 1. The zero-order valence-corrected chi connectivity index (χ0v) is 18.9. The van der Waals surface area contributed by atoms with E-state index in [2.05, 4.69) is 0 Å². The third-order valence-electron chi connectivity index (χ3n) is 6.49. The molecule has 0 radical (unpaired) electrons. The molecule has 2 aliphatic rings. The predicted molar refractivity (Wildman–Crippen MR) is 125 cm³/mol. The van der Waals surface area contributed by atoms with Gasteiger partial charge in [-0.1, -0.05) is 43.3 Å². The molecule has 0 aliphatic carbocycles. The molecule has 2 aromatic rings. The molecule has 2 saturated heterocycles. The van der Waals surface area contributed by atoms with Gasteiger partial charge in [-0.25, -0.2) is 0 Å². The van der Waals surface area contributed by atoms with Crippen molar-refractivity contribution in [3.63, 3.8) is 0 Å². The summed E-state index contributed by atoms with van der Waals surface area (Å²) in [7, 11) is 0. The molecule has 2 amide bonds. The average molecular weight is 454 g/mol. The Balaban J connectivity index is 1.47. The van der Waals surface area contributed by atoms with Crippen molar-refractivity contribution in [1.29, 1.82) is 0 Å². The zero-order chi connectivity index (χ0) is 22.7. The van der Waals surface area contributed by atoms with E-state index in [1.54, 1.807) is 23.9 Å². The van der Waals surface area contributed by atoms with Crippen LogP contribution in [0, 0.1) is 10.1 Å². The fourth-order valence-corrected chi connectivity index (χ4v) is 6.21. The van der Waals surface area contributed by atoms with Crippen molar-refractivity contribution in [3.05, 3.63) is 75.8 Å². The first kappa shape index (κ1) is 22.3. The number of piperidine rings is 1. The number of rotatable bonds is 5. The Bertz CT molecular complexity index is 1010. The molecule has 7 nitrogen and oxygen atoms in total. The van der Waals surface area contributed by atoms with E-state index < -0.39 is 4.92 Å². The highest BCUT2D eigenvalue weighted by molar-refractivity contribution is 8.00. The number of likely N-dealkylation sites (tertiary alicyclic amines) is 1. The number of nitrogens with zero attached hydrogens (tertiary/aromatic N) is 3. The van der Waals surface area contributed by atoms with Crippen LogP contribution in [-0.2, 0) is 4.79 Å². The standard InChI is InChI=1S/C24H27N3O4S/c1-2-21(18-7-4-3-5-8-18)23(29)25-13-11-24(12-14-25)26(15-16-32-24)22(28)19-9-6-10-20(17-19)27(30)31/h3-10,17,21H,2,11-16H2,1H3/t21-/m0/s1. The molecular weight excluding hydrogens is 426 g/mol. The van der Waals surface area contributed by atoms with Gasteiger partial charge >= 0.3 is 0 Å². The van der Waals surface area contributed by atoms with E-state index in [0.29, 0.717) is 38.0 Å². The van der Waals surface area contributed by atoms with Crippen molar-refractivity contribution in [3.8, 4) is 0 Å². The number of carbonyl (C=O) groups is 2. The molecular formula is C24H27N3O4S. The van der Waals surface area contributed by atoms with Crippen molar-refractivity contribution in [2.45, 2.75) is 37.0 Å². The highest BCUT2D eigenvalue weighted by Crippen LogP contribution is 2.45. The van der Waals surface area contributed by atoms with Crippen LogP contribution in [0.2, 0.25) is 0 Å². The third kappa shape index (κ3) is 4.24. The van der Waals surface area contributed by atoms with Crippen LogP contribution >= 0.6 is 11.8 Å². The van der Waals surface area contributed by atoms with Gasteiger partial charge in [0.25, 0.3) is 11.6 Å². The van der Waals surface area contributed by atoms with Gasteiger partial charge in [0.2, 0.25) is 5.91 Å². The monoisotopic (exact) mass is 453 g/mol. The van der Waals surface area contributed by atoms with E-state index in [-0.39, 0.29) is 28.3 Å². The molecule has 168 valence electrons. The molecule has 0 N–H and O–H groups in total. The Hall–Kier alpha value is -2.87. The number of non-ortho nitro benzene ring substituents is 1. The van der Waals surface area contributed by atoms with E-state index in [4.69, 9.17) is 0 Å². The maximum absolute atomic E-state index is 13.3. The molecule has 1 spiro atoms. The van der Waals surface area contributed by atoms with Crippen molar-refractivity contribution in [2.75, 3.05) is 25.4 Å². The first-order valence-electron chi connectivity index (χ1n) is 11.0. The van der Waals surface area contributed by atoms with Crippen LogP contribution in [0.25, 0.3) is 0 Å². The van der Waals surface area contributed by atoms with Crippen LogP contribution in [0.5, 0.6) is 0 Å². The van der Waals surface area contributed by atoms with E-state index in [0.717, 1.165) is 17.7 Å². The van der Waals surface area contributed by atoms with Crippen LogP contribution in [0.1, 0.15) is 48.0 Å². The number of carbonyl (C=O) groups excluding carboxylic acids is 2. The summed E-state index contributed by atoms with van der Waals surface area (Å²) in [4.78, 5) is 40.6. The van der Waals surface area contributed by atoms with Crippen LogP contribution in [0.3, 0.4) is 0 Å². The maximum atomic E-state index is 13.3. The number of benzene rings is 2. The van der Waals surface area contributed by atoms with Gasteiger partial charge in [-0.2, -0.15) is 0 Å². The summed E-state index contributed by atoms with van der Waals surface area (Å²) in [5.74, 6) is 0.655. The third-order valence-corrected chi connectivity index (χ3v) is 8.04. The number of amides is 2. The quantitative estimate of drug-likeness (QED) is 0.498. The van der Waals surface area contributed by atoms with Crippen molar-refractivity contribution >= 4 is 29.3 Å². The summed E-state index contributed by atoms with van der Waals surface area (Å²) in [6, 6.07) is 15.8. The molecule has 1 atom stereocenters. The van der Waals surface area contributed by atoms with E-state index in [9.17, 15) is 19.7 Å². The molecule has 4 rings (SSSR count). The normalized spacial score (nSPS) is 18.5. The smallest absolute Gasteiger partial charge is 0.270 e. The van der Waals surface area contributed by atoms with E-state index >= 15 is 0 Å². The Morgan fingerprint density at radius 1 is 1.09 bits per heavy atom.